The first kappa shape index (κ1) is 21.1. The first-order chi connectivity index (χ1) is 14.0. The van der Waals surface area contributed by atoms with Crippen LogP contribution in [0.2, 0.25) is 0 Å². The van der Waals surface area contributed by atoms with Crippen molar-refractivity contribution in [1.29, 1.82) is 0 Å². The van der Waals surface area contributed by atoms with Crippen LogP contribution in [0, 0.1) is 5.92 Å². The third-order valence-electron chi connectivity index (χ3n) is 5.55. The molecule has 2 heterocycles. The Morgan fingerprint density at radius 2 is 2.07 bits per heavy atom. The smallest absolute Gasteiger partial charge is 0.225 e. The highest BCUT2D eigenvalue weighted by molar-refractivity contribution is 5.81. The van der Waals surface area contributed by atoms with E-state index in [2.05, 4.69) is 33.8 Å². The largest absolute Gasteiger partial charge is 0.352 e. The Kier molecular flexibility index (Phi) is 7.12. The molecule has 0 bridgehead atoms. The highest BCUT2D eigenvalue weighted by Crippen LogP contribution is 2.15. The summed E-state index contributed by atoms with van der Waals surface area (Å²) in [5.74, 6) is 1.24. The summed E-state index contributed by atoms with van der Waals surface area (Å²) < 4.78 is 0. The molecule has 1 aromatic carbocycles. The number of hydrogen-bond donors (Lipinski definition) is 2. The second kappa shape index (κ2) is 9.76. The van der Waals surface area contributed by atoms with E-state index in [1.165, 1.54) is 0 Å². The molecule has 2 fully saturated rings. The van der Waals surface area contributed by atoms with E-state index in [0.717, 1.165) is 49.6 Å². The molecule has 0 saturated carbocycles. The summed E-state index contributed by atoms with van der Waals surface area (Å²) in [5.41, 5.74) is 2.31. The molecule has 7 heteroatoms. The van der Waals surface area contributed by atoms with Crippen molar-refractivity contribution in [3.8, 4) is 0 Å². The van der Waals surface area contributed by atoms with Gasteiger partial charge in [0.05, 0.1) is 0 Å². The van der Waals surface area contributed by atoms with Gasteiger partial charge in [0.1, 0.15) is 0 Å². The van der Waals surface area contributed by atoms with E-state index in [1.807, 2.05) is 29.7 Å². The van der Waals surface area contributed by atoms with Gasteiger partial charge in [0, 0.05) is 58.2 Å². The third-order valence-corrected chi connectivity index (χ3v) is 5.55. The molecule has 3 rings (SSSR count). The molecule has 29 heavy (non-hydrogen) atoms. The van der Waals surface area contributed by atoms with Crippen LogP contribution in [0.1, 0.15) is 44.2 Å². The number of likely N-dealkylation sites (tertiary alicyclic amines) is 2. The Hall–Kier alpha value is -2.57. The molecule has 2 saturated heterocycles. The molecule has 0 radical (unpaired) electrons. The number of benzene rings is 1. The quantitative estimate of drug-likeness (QED) is 0.564. The summed E-state index contributed by atoms with van der Waals surface area (Å²) in [6.07, 6.45) is 2.56. The number of nitrogens with zero attached hydrogens (tertiary/aromatic N) is 3. The summed E-state index contributed by atoms with van der Waals surface area (Å²) in [5, 5.41) is 6.79. The fourth-order valence-electron chi connectivity index (χ4n) is 3.95. The summed E-state index contributed by atoms with van der Waals surface area (Å²) >= 11 is 0. The van der Waals surface area contributed by atoms with Crippen molar-refractivity contribution in [2.45, 2.75) is 52.2 Å². The van der Waals surface area contributed by atoms with Crippen molar-refractivity contribution < 1.29 is 9.59 Å². The van der Waals surface area contributed by atoms with Gasteiger partial charge in [0.25, 0.3) is 0 Å². The maximum Gasteiger partial charge on any atom is 0.225 e. The fourth-order valence-corrected chi connectivity index (χ4v) is 3.95. The van der Waals surface area contributed by atoms with Crippen LogP contribution < -0.4 is 10.6 Å². The Morgan fingerprint density at radius 3 is 2.76 bits per heavy atom. The lowest BCUT2D eigenvalue weighted by Gasteiger charge is -2.20. The molecule has 0 aromatic heterocycles. The lowest BCUT2D eigenvalue weighted by molar-refractivity contribution is -0.133. The van der Waals surface area contributed by atoms with Gasteiger partial charge in [-0.2, -0.15) is 0 Å². The maximum absolute atomic E-state index is 12.2. The molecule has 0 spiro atoms. The van der Waals surface area contributed by atoms with Crippen LogP contribution in [0.4, 0.5) is 0 Å². The van der Waals surface area contributed by atoms with Gasteiger partial charge in [0.2, 0.25) is 11.8 Å². The first-order valence-electron chi connectivity index (χ1n) is 10.6. The number of amides is 2. The predicted octanol–water partition coefficient (Wildman–Crippen LogP) is 1.73. The highest BCUT2D eigenvalue weighted by atomic mass is 16.2. The molecule has 158 valence electrons. The minimum atomic E-state index is 0.0364. The zero-order chi connectivity index (χ0) is 20.8. The number of hydrogen-bond acceptors (Lipinski definition) is 3. The summed E-state index contributed by atoms with van der Waals surface area (Å²) in [7, 11) is 1.76. The van der Waals surface area contributed by atoms with Crippen molar-refractivity contribution in [3.05, 3.63) is 35.4 Å². The van der Waals surface area contributed by atoms with Crippen molar-refractivity contribution in [2.24, 2.45) is 10.9 Å². The SMILES string of the molecule is CN=C(NCc1cccc(CN2CCCC2=O)c1)NC1CCN(C(=O)C(C)C)C1. The summed E-state index contributed by atoms with van der Waals surface area (Å²) in [4.78, 5) is 32.2. The van der Waals surface area contributed by atoms with Crippen LogP contribution in [0.5, 0.6) is 0 Å². The minimum Gasteiger partial charge on any atom is -0.352 e. The normalized spacial score (nSPS) is 19.9. The maximum atomic E-state index is 12.2. The van der Waals surface area contributed by atoms with Crippen LogP contribution in [-0.2, 0) is 22.7 Å². The average molecular weight is 400 g/mol. The molecule has 1 unspecified atom stereocenters. The van der Waals surface area contributed by atoms with Crippen molar-refractivity contribution in [2.75, 3.05) is 26.7 Å². The lowest BCUT2D eigenvalue weighted by atomic mass is 10.1. The number of rotatable bonds is 6. The average Bonchev–Trinajstić information content (AvgIpc) is 3.34. The Bertz CT molecular complexity index is 761. The summed E-state index contributed by atoms with van der Waals surface area (Å²) in [6, 6.07) is 8.55. The molecule has 0 aliphatic carbocycles. The molecular weight excluding hydrogens is 366 g/mol. The van der Waals surface area contributed by atoms with Crippen molar-refractivity contribution >= 4 is 17.8 Å². The van der Waals surface area contributed by atoms with Gasteiger partial charge < -0.3 is 20.4 Å². The number of guanidine groups is 1. The Labute approximate surface area is 173 Å². The highest BCUT2D eigenvalue weighted by Gasteiger charge is 2.28. The van der Waals surface area contributed by atoms with Crippen LogP contribution in [0.15, 0.2) is 29.3 Å². The number of carbonyl (C=O) groups excluding carboxylic acids is 2. The molecule has 2 N–H and O–H groups in total. The van der Waals surface area contributed by atoms with Crippen LogP contribution in [-0.4, -0.2) is 60.3 Å². The Morgan fingerprint density at radius 1 is 1.28 bits per heavy atom. The Balaban J connectivity index is 1.49. The number of carbonyl (C=O) groups is 2. The summed E-state index contributed by atoms with van der Waals surface area (Å²) in [6.45, 7) is 7.59. The molecule has 2 aliphatic heterocycles. The van der Waals surface area contributed by atoms with Gasteiger partial charge in [-0.05, 0) is 24.0 Å². The topological polar surface area (TPSA) is 77.0 Å². The van der Waals surface area contributed by atoms with Crippen LogP contribution in [0.3, 0.4) is 0 Å². The molecule has 2 amide bonds. The number of aliphatic imine (C=N–C) groups is 1. The molecule has 7 nitrogen and oxygen atoms in total. The molecule has 1 aromatic rings. The molecule has 1 atom stereocenters. The van der Waals surface area contributed by atoms with Gasteiger partial charge in [-0.1, -0.05) is 38.1 Å². The van der Waals surface area contributed by atoms with E-state index in [-0.39, 0.29) is 23.8 Å². The van der Waals surface area contributed by atoms with Crippen molar-refractivity contribution in [1.82, 2.24) is 20.4 Å². The molecular formula is C22H33N5O2. The van der Waals surface area contributed by atoms with E-state index in [1.54, 1.807) is 7.05 Å². The zero-order valence-electron chi connectivity index (χ0n) is 17.8. The van der Waals surface area contributed by atoms with Gasteiger partial charge >= 0.3 is 0 Å². The minimum absolute atomic E-state index is 0.0364. The fraction of sp³-hybridized carbons (Fsp3) is 0.591. The second-order valence-corrected chi connectivity index (χ2v) is 8.23. The zero-order valence-corrected chi connectivity index (χ0v) is 17.8. The number of nitrogens with one attached hydrogen (secondary N) is 2. The van der Waals surface area contributed by atoms with Crippen LogP contribution in [0.25, 0.3) is 0 Å². The van der Waals surface area contributed by atoms with E-state index in [9.17, 15) is 9.59 Å². The van der Waals surface area contributed by atoms with Gasteiger partial charge in [0.15, 0.2) is 5.96 Å². The predicted molar refractivity (Wildman–Crippen MR) is 114 cm³/mol. The van der Waals surface area contributed by atoms with E-state index >= 15 is 0 Å². The lowest BCUT2D eigenvalue weighted by Crippen LogP contribution is -2.45. The van der Waals surface area contributed by atoms with Gasteiger partial charge in [-0.15, -0.1) is 0 Å². The monoisotopic (exact) mass is 399 g/mol. The van der Waals surface area contributed by atoms with E-state index < -0.39 is 0 Å². The van der Waals surface area contributed by atoms with Crippen LogP contribution >= 0.6 is 0 Å². The van der Waals surface area contributed by atoms with E-state index in [4.69, 9.17) is 0 Å². The molecule has 2 aliphatic rings. The van der Waals surface area contributed by atoms with E-state index in [0.29, 0.717) is 19.5 Å². The van der Waals surface area contributed by atoms with Gasteiger partial charge in [-0.3, -0.25) is 14.6 Å². The van der Waals surface area contributed by atoms with Crippen molar-refractivity contribution in [3.63, 3.8) is 0 Å². The third kappa shape index (κ3) is 5.71. The first-order valence-corrected chi connectivity index (χ1v) is 10.6. The second-order valence-electron chi connectivity index (χ2n) is 8.23. The van der Waals surface area contributed by atoms with Gasteiger partial charge in [-0.25, -0.2) is 0 Å². The standard InChI is InChI=1S/C22H33N5O2/c1-16(2)21(29)27-11-9-19(15-27)25-22(23-3)24-13-17-6-4-7-18(12-17)14-26-10-5-8-20(26)28/h4,6-7,12,16,19H,5,8-11,13-15H2,1-3H3,(H2,23,24,25).